The second-order valence-corrected chi connectivity index (χ2v) is 2.79. The number of ether oxygens (including phenoxy) is 1. The van der Waals surface area contributed by atoms with E-state index in [1.807, 2.05) is 6.92 Å². The third-order valence-electron chi connectivity index (χ3n) is 1.58. The predicted octanol–water partition coefficient (Wildman–Crippen LogP) is 3.21. The molecule has 12 heavy (non-hydrogen) atoms. The van der Waals surface area contributed by atoms with Crippen LogP contribution in [0.2, 0.25) is 5.02 Å². The highest BCUT2D eigenvalue weighted by Crippen LogP contribution is 2.32. The van der Waals surface area contributed by atoms with Crippen molar-refractivity contribution in [1.82, 2.24) is 0 Å². The minimum Gasteiger partial charge on any atom is -0.508 e. The summed E-state index contributed by atoms with van der Waals surface area (Å²) in [4.78, 5) is 3.31. The lowest BCUT2D eigenvalue weighted by atomic mass is 10.2. The molecule has 0 amide bonds. The van der Waals surface area contributed by atoms with Crippen molar-refractivity contribution in [3.63, 3.8) is 0 Å². The third-order valence-corrected chi connectivity index (χ3v) is 1.99. The Balaban J connectivity index is 3.31. The van der Waals surface area contributed by atoms with Gasteiger partial charge in [0.05, 0.1) is 13.7 Å². The highest BCUT2D eigenvalue weighted by Gasteiger charge is 2.05. The van der Waals surface area contributed by atoms with E-state index >= 15 is 0 Å². The maximum Gasteiger partial charge on any atom is 0.228 e. The van der Waals surface area contributed by atoms with Crippen LogP contribution in [-0.4, -0.2) is 7.11 Å². The van der Waals surface area contributed by atoms with Gasteiger partial charge >= 0.3 is 0 Å². The van der Waals surface area contributed by atoms with Gasteiger partial charge in [0, 0.05) is 5.02 Å². The fraction of sp³-hybridized carbons (Fsp3) is 0.222. The summed E-state index contributed by atoms with van der Waals surface area (Å²) in [5.74, 6) is 0.528. The molecule has 1 rings (SSSR count). The van der Waals surface area contributed by atoms with Gasteiger partial charge in [-0.1, -0.05) is 11.6 Å². The van der Waals surface area contributed by atoms with Crippen molar-refractivity contribution in [2.75, 3.05) is 7.11 Å². The maximum absolute atomic E-state index is 6.86. The van der Waals surface area contributed by atoms with E-state index in [2.05, 4.69) is 4.85 Å². The third kappa shape index (κ3) is 1.51. The Hall–Kier alpha value is -1.20. The van der Waals surface area contributed by atoms with E-state index in [0.29, 0.717) is 16.5 Å². The van der Waals surface area contributed by atoms with Crippen LogP contribution in [0, 0.1) is 13.5 Å². The van der Waals surface area contributed by atoms with E-state index in [9.17, 15) is 0 Å². The standard InChI is InChI=1S/C9H8ClNO/c1-6-4-8(11-2)9(12-3)5-7(6)10/h4-5H,1,3H3. The quantitative estimate of drug-likeness (QED) is 0.607. The van der Waals surface area contributed by atoms with Crippen LogP contribution in [0.5, 0.6) is 5.75 Å². The number of hydrogen-bond acceptors (Lipinski definition) is 1. The fourth-order valence-corrected chi connectivity index (χ4v) is 1.05. The smallest absolute Gasteiger partial charge is 0.228 e. The van der Waals surface area contributed by atoms with Crippen LogP contribution < -0.4 is 4.74 Å². The Labute approximate surface area is 76.5 Å². The van der Waals surface area contributed by atoms with Crippen molar-refractivity contribution in [3.8, 4) is 5.75 Å². The van der Waals surface area contributed by atoms with Crippen LogP contribution in [0.25, 0.3) is 4.85 Å². The molecule has 0 saturated heterocycles. The number of rotatable bonds is 1. The molecular weight excluding hydrogens is 174 g/mol. The molecule has 0 aliphatic heterocycles. The van der Waals surface area contributed by atoms with Crippen LogP contribution in [0.4, 0.5) is 5.69 Å². The number of halogens is 1. The molecule has 1 aromatic carbocycles. The molecule has 0 aromatic heterocycles. The Morgan fingerprint density at radius 3 is 2.67 bits per heavy atom. The highest BCUT2D eigenvalue weighted by atomic mass is 35.5. The molecule has 3 heteroatoms. The zero-order valence-corrected chi connectivity index (χ0v) is 7.64. The van der Waals surface area contributed by atoms with Gasteiger partial charge in [-0.15, -0.1) is 0 Å². The maximum atomic E-state index is 6.86. The van der Waals surface area contributed by atoms with Gasteiger partial charge in [-0.2, -0.15) is 0 Å². The molecule has 0 saturated carbocycles. The normalized spacial score (nSPS) is 9.17. The van der Waals surface area contributed by atoms with E-state index in [1.165, 1.54) is 7.11 Å². The average Bonchev–Trinajstić information content (AvgIpc) is 2.09. The molecule has 0 fully saturated rings. The van der Waals surface area contributed by atoms with Crippen LogP contribution >= 0.6 is 11.6 Å². The van der Waals surface area contributed by atoms with Crippen LogP contribution in [0.15, 0.2) is 12.1 Å². The minimum atomic E-state index is 0.499. The summed E-state index contributed by atoms with van der Waals surface area (Å²) < 4.78 is 4.97. The second kappa shape index (κ2) is 3.46. The molecule has 2 nitrogen and oxygen atoms in total. The summed E-state index contributed by atoms with van der Waals surface area (Å²) in [5.41, 5.74) is 1.39. The summed E-state index contributed by atoms with van der Waals surface area (Å²) >= 11 is 5.84. The van der Waals surface area contributed by atoms with Crippen LogP contribution in [0.1, 0.15) is 5.56 Å². The van der Waals surface area contributed by atoms with Crippen LogP contribution in [0.3, 0.4) is 0 Å². The van der Waals surface area contributed by atoms with E-state index in [0.717, 1.165) is 5.56 Å². The summed E-state index contributed by atoms with van der Waals surface area (Å²) in [7, 11) is 1.52. The van der Waals surface area contributed by atoms with E-state index in [-0.39, 0.29) is 0 Å². The van der Waals surface area contributed by atoms with Crippen molar-refractivity contribution in [2.24, 2.45) is 0 Å². The molecule has 0 spiro atoms. The van der Waals surface area contributed by atoms with Crippen molar-refractivity contribution in [3.05, 3.63) is 34.1 Å². The molecule has 0 radical (unpaired) electrons. The van der Waals surface area contributed by atoms with Crippen molar-refractivity contribution < 1.29 is 4.74 Å². The monoisotopic (exact) mass is 181 g/mol. The molecule has 0 aliphatic rings. The molecule has 62 valence electrons. The number of nitrogens with zero attached hydrogens (tertiary/aromatic N) is 1. The average molecular weight is 182 g/mol. The summed E-state index contributed by atoms with van der Waals surface area (Å²) in [6.07, 6.45) is 0. The fourth-order valence-electron chi connectivity index (χ4n) is 0.899. The van der Waals surface area contributed by atoms with Crippen molar-refractivity contribution >= 4 is 17.3 Å². The van der Waals surface area contributed by atoms with Crippen LogP contribution in [-0.2, 0) is 0 Å². The first-order valence-corrected chi connectivity index (χ1v) is 3.78. The number of methoxy groups -OCH3 is 1. The molecule has 0 atom stereocenters. The van der Waals surface area contributed by atoms with Crippen molar-refractivity contribution in [2.45, 2.75) is 6.92 Å². The molecular formula is C9H8ClNO. The molecule has 0 heterocycles. The van der Waals surface area contributed by atoms with Gasteiger partial charge in [-0.3, -0.25) is 0 Å². The van der Waals surface area contributed by atoms with E-state index in [1.54, 1.807) is 12.1 Å². The highest BCUT2D eigenvalue weighted by molar-refractivity contribution is 6.31. The molecule has 0 N–H and O–H groups in total. The molecule has 0 bridgehead atoms. The number of benzene rings is 1. The Bertz CT molecular complexity index is 341. The zero-order chi connectivity index (χ0) is 9.14. The summed E-state index contributed by atoms with van der Waals surface area (Å²) in [6.45, 7) is 8.71. The SMILES string of the molecule is [C-]#[N+]c1cc(C)c(Cl)cc1OC. The van der Waals surface area contributed by atoms with Gasteiger partial charge in [0.25, 0.3) is 0 Å². The van der Waals surface area contributed by atoms with Gasteiger partial charge < -0.3 is 4.74 Å². The topological polar surface area (TPSA) is 13.6 Å². The first-order chi connectivity index (χ1) is 5.69. The summed E-state index contributed by atoms with van der Waals surface area (Å²) in [6, 6.07) is 3.37. The molecule has 1 aromatic rings. The Kier molecular flexibility index (Phi) is 2.57. The zero-order valence-electron chi connectivity index (χ0n) is 6.89. The number of hydrogen-bond donors (Lipinski definition) is 0. The van der Waals surface area contributed by atoms with Gasteiger partial charge in [-0.05, 0) is 24.6 Å². The Morgan fingerprint density at radius 1 is 1.50 bits per heavy atom. The van der Waals surface area contributed by atoms with E-state index in [4.69, 9.17) is 22.9 Å². The molecule has 0 aliphatic carbocycles. The summed E-state index contributed by atoms with van der Waals surface area (Å²) in [5, 5.41) is 0.624. The number of aryl methyl sites for hydroxylation is 1. The lowest BCUT2D eigenvalue weighted by Gasteiger charge is -2.04. The van der Waals surface area contributed by atoms with Gasteiger partial charge in [0.15, 0.2) is 0 Å². The second-order valence-electron chi connectivity index (χ2n) is 2.39. The van der Waals surface area contributed by atoms with Crippen molar-refractivity contribution in [1.29, 1.82) is 0 Å². The lowest BCUT2D eigenvalue weighted by molar-refractivity contribution is 0.417. The van der Waals surface area contributed by atoms with Gasteiger partial charge in [-0.25, -0.2) is 4.85 Å². The first-order valence-electron chi connectivity index (χ1n) is 3.40. The van der Waals surface area contributed by atoms with Gasteiger partial charge in [0.2, 0.25) is 5.69 Å². The predicted molar refractivity (Wildman–Crippen MR) is 49.0 cm³/mol. The minimum absolute atomic E-state index is 0.499. The largest absolute Gasteiger partial charge is 0.508 e. The molecule has 0 unspecified atom stereocenters. The van der Waals surface area contributed by atoms with E-state index < -0.39 is 0 Å². The Morgan fingerprint density at radius 2 is 2.17 bits per heavy atom. The lowest BCUT2D eigenvalue weighted by Crippen LogP contribution is -1.84. The first kappa shape index (κ1) is 8.89. The van der Waals surface area contributed by atoms with Gasteiger partial charge in [0.1, 0.15) is 5.75 Å².